The lowest BCUT2D eigenvalue weighted by Gasteiger charge is -2.13. The summed E-state index contributed by atoms with van der Waals surface area (Å²) in [7, 11) is 3.24. The number of methoxy groups -OCH3 is 2. The summed E-state index contributed by atoms with van der Waals surface area (Å²) < 4.78 is 10.6. The standard InChI is InChI=1S/C23H32N4O3.HI/c1-5-12-25-22(28)19-9-7-8-17(13-19)15-26-23(24-6-2)27-16-18-10-11-20(29-3)21(14-18)30-4;/h7-11,13-14H,5-6,12,15-16H2,1-4H3,(H,25,28)(H2,24,26,27);1H. The lowest BCUT2D eigenvalue weighted by Crippen LogP contribution is -2.36. The molecule has 0 radical (unpaired) electrons. The van der Waals surface area contributed by atoms with Crippen molar-refractivity contribution in [1.29, 1.82) is 0 Å². The van der Waals surface area contributed by atoms with Crippen LogP contribution in [-0.4, -0.2) is 39.2 Å². The average molecular weight is 540 g/mol. The minimum absolute atomic E-state index is 0. The Morgan fingerprint density at radius 3 is 2.39 bits per heavy atom. The zero-order chi connectivity index (χ0) is 21.8. The van der Waals surface area contributed by atoms with Gasteiger partial charge in [-0.25, -0.2) is 4.99 Å². The van der Waals surface area contributed by atoms with Gasteiger partial charge in [0.2, 0.25) is 0 Å². The first-order valence-corrected chi connectivity index (χ1v) is 10.2. The van der Waals surface area contributed by atoms with Gasteiger partial charge in [-0.3, -0.25) is 4.79 Å². The predicted octanol–water partition coefficient (Wildman–Crippen LogP) is 3.72. The van der Waals surface area contributed by atoms with Gasteiger partial charge >= 0.3 is 0 Å². The second-order valence-electron chi connectivity index (χ2n) is 6.69. The van der Waals surface area contributed by atoms with E-state index in [0.717, 1.165) is 24.1 Å². The third-order valence-electron chi connectivity index (χ3n) is 4.40. The summed E-state index contributed by atoms with van der Waals surface area (Å²) in [5.74, 6) is 2.04. The number of carbonyl (C=O) groups excluding carboxylic acids is 1. The van der Waals surface area contributed by atoms with Crippen molar-refractivity contribution in [2.75, 3.05) is 27.3 Å². The molecule has 170 valence electrons. The number of amides is 1. The number of aliphatic imine (C=N–C) groups is 1. The zero-order valence-corrected chi connectivity index (χ0v) is 21.0. The van der Waals surface area contributed by atoms with Crippen LogP contribution in [0.15, 0.2) is 47.5 Å². The van der Waals surface area contributed by atoms with Gasteiger partial charge in [-0.05, 0) is 48.7 Å². The van der Waals surface area contributed by atoms with Crippen molar-refractivity contribution in [1.82, 2.24) is 16.0 Å². The molecule has 0 unspecified atom stereocenters. The van der Waals surface area contributed by atoms with Crippen LogP contribution in [0.5, 0.6) is 11.5 Å². The zero-order valence-electron chi connectivity index (χ0n) is 18.7. The van der Waals surface area contributed by atoms with E-state index in [4.69, 9.17) is 9.47 Å². The Labute approximate surface area is 202 Å². The lowest BCUT2D eigenvalue weighted by atomic mass is 10.1. The van der Waals surface area contributed by atoms with Gasteiger partial charge in [0, 0.05) is 25.2 Å². The van der Waals surface area contributed by atoms with E-state index in [2.05, 4.69) is 20.9 Å². The summed E-state index contributed by atoms with van der Waals surface area (Å²) in [6.45, 7) is 6.53. The first kappa shape index (κ1) is 26.5. The molecule has 0 atom stereocenters. The van der Waals surface area contributed by atoms with Crippen LogP contribution >= 0.6 is 24.0 Å². The van der Waals surface area contributed by atoms with Gasteiger partial charge in [-0.15, -0.1) is 24.0 Å². The summed E-state index contributed by atoms with van der Waals surface area (Å²) in [5, 5.41) is 9.47. The summed E-state index contributed by atoms with van der Waals surface area (Å²) in [4.78, 5) is 16.8. The maximum Gasteiger partial charge on any atom is 0.251 e. The van der Waals surface area contributed by atoms with Gasteiger partial charge in [0.15, 0.2) is 17.5 Å². The number of halogens is 1. The van der Waals surface area contributed by atoms with Crippen molar-refractivity contribution in [2.45, 2.75) is 33.4 Å². The molecule has 8 heteroatoms. The molecule has 2 aromatic rings. The number of nitrogens with zero attached hydrogens (tertiary/aromatic N) is 1. The Morgan fingerprint density at radius 1 is 0.935 bits per heavy atom. The number of ether oxygens (including phenoxy) is 2. The van der Waals surface area contributed by atoms with Gasteiger partial charge in [0.1, 0.15) is 0 Å². The van der Waals surface area contributed by atoms with Crippen LogP contribution in [0.2, 0.25) is 0 Å². The highest BCUT2D eigenvalue weighted by molar-refractivity contribution is 14.0. The molecule has 1 amide bonds. The van der Waals surface area contributed by atoms with E-state index in [9.17, 15) is 4.79 Å². The van der Waals surface area contributed by atoms with Crippen molar-refractivity contribution in [3.05, 3.63) is 59.2 Å². The SMILES string of the molecule is CCCNC(=O)c1cccc(CN=C(NCC)NCc2ccc(OC)c(OC)c2)c1.I. The second-order valence-corrected chi connectivity index (χ2v) is 6.69. The van der Waals surface area contributed by atoms with Gasteiger partial charge in [-0.2, -0.15) is 0 Å². The molecule has 0 aromatic heterocycles. The first-order valence-electron chi connectivity index (χ1n) is 10.2. The highest BCUT2D eigenvalue weighted by Crippen LogP contribution is 2.27. The third kappa shape index (κ3) is 8.64. The highest BCUT2D eigenvalue weighted by Gasteiger charge is 2.07. The Hall–Kier alpha value is -2.49. The topological polar surface area (TPSA) is 84.0 Å². The first-order chi connectivity index (χ1) is 14.6. The van der Waals surface area contributed by atoms with Gasteiger partial charge < -0.3 is 25.4 Å². The van der Waals surface area contributed by atoms with Crippen molar-refractivity contribution >= 4 is 35.8 Å². The van der Waals surface area contributed by atoms with E-state index in [1.165, 1.54) is 0 Å². The molecule has 7 nitrogen and oxygen atoms in total. The van der Waals surface area contributed by atoms with E-state index in [0.29, 0.717) is 42.7 Å². The fourth-order valence-corrected chi connectivity index (χ4v) is 2.84. The van der Waals surface area contributed by atoms with Crippen molar-refractivity contribution in [3.63, 3.8) is 0 Å². The van der Waals surface area contributed by atoms with Gasteiger partial charge in [-0.1, -0.05) is 25.1 Å². The quantitative estimate of drug-likeness (QED) is 0.243. The number of rotatable bonds is 10. The highest BCUT2D eigenvalue weighted by atomic mass is 127. The smallest absolute Gasteiger partial charge is 0.251 e. The van der Waals surface area contributed by atoms with E-state index in [1.54, 1.807) is 14.2 Å². The van der Waals surface area contributed by atoms with Crippen LogP contribution in [0, 0.1) is 0 Å². The Morgan fingerprint density at radius 2 is 1.71 bits per heavy atom. The number of benzene rings is 2. The molecule has 31 heavy (non-hydrogen) atoms. The largest absolute Gasteiger partial charge is 0.493 e. The molecule has 0 aliphatic carbocycles. The van der Waals surface area contributed by atoms with Crippen LogP contribution in [0.4, 0.5) is 0 Å². The van der Waals surface area contributed by atoms with Crippen molar-refractivity contribution in [2.24, 2.45) is 4.99 Å². The Bertz CT molecular complexity index is 858. The molecule has 3 N–H and O–H groups in total. The molecule has 0 spiro atoms. The predicted molar refractivity (Wildman–Crippen MR) is 136 cm³/mol. The third-order valence-corrected chi connectivity index (χ3v) is 4.40. The fraction of sp³-hybridized carbons (Fsp3) is 0.391. The molecular weight excluding hydrogens is 507 g/mol. The Kier molecular flexibility index (Phi) is 12.4. The monoisotopic (exact) mass is 540 g/mol. The average Bonchev–Trinajstić information content (AvgIpc) is 2.79. The molecule has 0 aliphatic heterocycles. The lowest BCUT2D eigenvalue weighted by molar-refractivity contribution is 0.0953. The molecule has 0 heterocycles. The minimum atomic E-state index is -0.0545. The van der Waals surface area contributed by atoms with Crippen molar-refractivity contribution in [3.8, 4) is 11.5 Å². The number of hydrogen-bond acceptors (Lipinski definition) is 4. The van der Waals surface area contributed by atoms with Gasteiger partial charge in [0.05, 0.1) is 20.8 Å². The van der Waals surface area contributed by atoms with Crippen LogP contribution in [-0.2, 0) is 13.1 Å². The normalized spacial score (nSPS) is 10.6. The molecule has 0 aliphatic rings. The molecule has 0 saturated carbocycles. The van der Waals surface area contributed by atoms with Crippen LogP contribution in [0.1, 0.15) is 41.8 Å². The number of carbonyl (C=O) groups is 1. The summed E-state index contributed by atoms with van der Waals surface area (Å²) in [6, 6.07) is 13.4. The molecule has 0 saturated heterocycles. The number of guanidine groups is 1. The Balaban J connectivity index is 0.00000480. The minimum Gasteiger partial charge on any atom is -0.493 e. The van der Waals surface area contributed by atoms with Gasteiger partial charge in [0.25, 0.3) is 5.91 Å². The van der Waals surface area contributed by atoms with E-state index >= 15 is 0 Å². The van der Waals surface area contributed by atoms with Crippen LogP contribution < -0.4 is 25.4 Å². The van der Waals surface area contributed by atoms with Crippen LogP contribution in [0.3, 0.4) is 0 Å². The number of hydrogen-bond donors (Lipinski definition) is 3. The maximum absolute atomic E-state index is 12.2. The maximum atomic E-state index is 12.2. The molecular formula is C23H33IN4O3. The summed E-state index contributed by atoms with van der Waals surface area (Å²) in [5.41, 5.74) is 2.68. The summed E-state index contributed by atoms with van der Waals surface area (Å²) in [6.07, 6.45) is 0.910. The number of nitrogens with one attached hydrogen (secondary N) is 3. The molecule has 0 bridgehead atoms. The van der Waals surface area contributed by atoms with E-state index in [-0.39, 0.29) is 29.9 Å². The second kappa shape index (κ2) is 14.5. The molecule has 2 rings (SSSR count). The van der Waals surface area contributed by atoms with Crippen molar-refractivity contribution < 1.29 is 14.3 Å². The molecule has 0 fully saturated rings. The van der Waals surface area contributed by atoms with E-state index < -0.39 is 0 Å². The molecule has 2 aromatic carbocycles. The van der Waals surface area contributed by atoms with Crippen LogP contribution in [0.25, 0.3) is 0 Å². The fourth-order valence-electron chi connectivity index (χ4n) is 2.84. The van der Waals surface area contributed by atoms with E-state index in [1.807, 2.05) is 56.3 Å². The summed E-state index contributed by atoms with van der Waals surface area (Å²) >= 11 is 0.